The summed E-state index contributed by atoms with van der Waals surface area (Å²) in [5.41, 5.74) is 2.34. The van der Waals surface area contributed by atoms with Gasteiger partial charge >= 0.3 is 12.1 Å². The van der Waals surface area contributed by atoms with Gasteiger partial charge < -0.3 is 9.84 Å². The number of amides is 1. The Hall–Kier alpha value is -3.18. The summed E-state index contributed by atoms with van der Waals surface area (Å²) in [6, 6.07) is 12.1. The Balaban J connectivity index is 1.91. The lowest BCUT2D eigenvalue weighted by Crippen LogP contribution is -2.23. The predicted octanol–water partition coefficient (Wildman–Crippen LogP) is 6.29. The van der Waals surface area contributed by atoms with E-state index in [-0.39, 0.29) is 11.5 Å². The molecular formula is C24H22ClNO4. The number of hydrogen-bond acceptors (Lipinski definition) is 3. The number of aliphatic imine (C=N–C) groups is 1. The van der Waals surface area contributed by atoms with Gasteiger partial charge in [0.15, 0.2) is 0 Å². The molecule has 0 radical (unpaired) electrons. The van der Waals surface area contributed by atoms with Crippen LogP contribution in [0.2, 0.25) is 5.02 Å². The number of aromatic carboxylic acids is 1. The van der Waals surface area contributed by atoms with Crippen molar-refractivity contribution in [3.05, 3.63) is 82.9 Å². The summed E-state index contributed by atoms with van der Waals surface area (Å²) in [6.45, 7) is 5.37. The van der Waals surface area contributed by atoms with E-state index in [1.807, 2.05) is 42.5 Å². The Morgan fingerprint density at radius 2 is 1.77 bits per heavy atom. The number of carboxylic acids is 1. The highest BCUT2D eigenvalue weighted by Gasteiger charge is 2.21. The predicted molar refractivity (Wildman–Crippen MR) is 119 cm³/mol. The number of halogens is 1. The van der Waals surface area contributed by atoms with Gasteiger partial charge in [-0.25, -0.2) is 9.59 Å². The lowest BCUT2D eigenvalue weighted by Gasteiger charge is -2.20. The summed E-state index contributed by atoms with van der Waals surface area (Å²) >= 11 is 6.07. The summed E-state index contributed by atoms with van der Waals surface area (Å²) in [6.07, 6.45) is 6.80. The van der Waals surface area contributed by atoms with Crippen molar-refractivity contribution in [2.45, 2.75) is 32.3 Å². The highest BCUT2D eigenvalue weighted by molar-refractivity contribution is 6.31. The van der Waals surface area contributed by atoms with Crippen molar-refractivity contribution in [1.82, 2.24) is 0 Å². The highest BCUT2D eigenvalue weighted by Crippen LogP contribution is 2.30. The SMILES string of the molecule is CC(C)(C)OC(=O)/N=C1\C=CC=CC1c1ccc(-c2cc(Cl)ccc2C(=O)O)cc1. The molecule has 3 rings (SSSR count). The van der Waals surface area contributed by atoms with E-state index in [0.717, 1.165) is 11.1 Å². The molecule has 2 aromatic carbocycles. The van der Waals surface area contributed by atoms with E-state index in [4.69, 9.17) is 16.3 Å². The average molecular weight is 424 g/mol. The molecule has 1 aliphatic carbocycles. The van der Waals surface area contributed by atoms with Crippen molar-refractivity contribution in [2.24, 2.45) is 4.99 Å². The van der Waals surface area contributed by atoms with Crippen LogP contribution in [0, 0.1) is 0 Å². The smallest absolute Gasteiger partial charge is 0.434 e. The van der Waals surface area contributed by atoms with Gasteiger partial charge in [0.25, 0.3) is 0 Å². The molecule has 30 heavy (non-hydrogen) atoms. The molecule has 0 heterocycles. The summed E-state index contributed by atoms with van der Waals surface area (Å²) in [4.78, 5) is 27.8. The number of benzene rings is 2. The monoisotopic (exact) mass is 423 g/mol. The minimum atomic E-state index is -1.02. The standard InChI is InChI=1S/C24H22ClNO4/c1-24(2,3)30-23(29)26-21-7-5-4-6-18(21)15-8-10-16(11-9-15)20-14-17(25)12-13-19(20)22(27)28/h4-14,18H,1-3H3,(H,27,28)/b26-21+. The maximum Gasteiger partial charge on any atom is 0.434 e. The van der Waals surface area contributed by atoms with E-state index in [9.17, 15) is 14.7 Å². The van der Waals surface area contributed by atoms with E-state index in [2.05, 4.69) is 4.99 Å². The first-order chi connectivity index (χ1) is 14.1. The Bertz CT molecular complexity index is 1060. The zero-order valence-electron chi connectivity index (χ0n) is 16.9. The van der Waals surface area contributed by atoms with Crippen LogP contribution < -0.4 is 0 Å². The highest BCUT2D eigenvalue weighted by atomic mass is 35.5. The third-order valence-corrected chi connectivity index (χ3v) is 4.64. The fraction of sp³-hybridized carbons (Fsp3) is 0.208. The molecular weight excluding hydrogens is 402 g/mol. The molecule has 0 fully saturated rings. The zero-order chi connectivity index (χ0) is 21.9. The zero-order valence-corrected chi connectivity index (χ0v) is 17.7. The van der Waals surface area contributed by atoms with Crippen molar-refractivity contribution in [1.29, 1.82) is 0 Å². The van der Waals surface area contributed by atoms with Crippen LogP contribution in [0.4, 0.5) is 4.79 Å². The molecule has 0 spiro atoms. The van der Waals surface area contributed by atoms with Gasteiger partial charge in [0, 0.05) is 10.9 Å². The molecule has 0 aromatic heterocycles. The van der Waals surface area contributed by atoms with Crippen LogP contribution >= 0.6 is 11.6 Å². The molecule has 1 N–H and O–H groups in total. The van der Waals surface area contributed by atoms with Crippen LogP contribution in [0.25, 0.3) is 11.1 Å². The molecule has 0 bridgehead atoms. The van der Waals surface area contributed by atoms with Crippen LogP contribution in [-0.4, -0.2) is 28.5 Å². The maximum absolute atomic E-state index is 12.1. The Morgan fingerprint density at radius 3 is 2.40 bits per heavy atom. The topological polar surface area (TPSA) is 76.0 Å². The van der Waals surface area contributed by atoms with Gasteiger partial charge in [-0.3, -0.25) is 0 Å². The second kappa shape index (κ2) is 8.67. The van der Waals surface area contributed by atoms with E-state index in [0.29, 0.717) is 16.3 Å². The normalized spacial score (nSPS) is 17.2. The van der Waals surface area contributed by atoms with Crippen LogP contribution in [0.1, 0.15) is 42.6 Å². The third-order valence-electron chi connectivity index (χ3n) is 4.41. The summed E-state index contributed by atoms with van der Waals surface area (Å²) in [7, 11) is 0. The van der Waals surface area contributed by atoms with Crippen molar-refractivity contribution < 1.29 is 19.4 Å². The van der Waals surface area contributed by atoms with Crippen LogP contribution in [0.15, 0.2) is 71.8 Å². The molecule has 2 aromatic rings. The van der Waals surface area contributed by atoms with E-state index in [1.54, 1.807) is 39.0 Å². The quantitative estimate of drug-likeness (QED) is 0.629. The number of carbonyl (C=O) groups is 2. The lowest BCUT2D eigenvalue weighted by atomic mass is 9.89. The third kappa shape index (κ3) is 5.24. The van der Waals surface area contributed by atoms with Crippen molar-refractivity contribution >= 4 is 29.4 Å². The molecule has 0 saturated heterocycles. The minimum absolute atomic E-state index is 0.180. The Kier molecular flexibility index (Phi) is 6.22. The molecule has 1 amide bonds. The lowest BCUT2D eigenvalue weighted by molar-refractivity contribution is 0.0602. The number of carboxylic acid groups (broad SMARTS) is 1. The van der Waals surface area contributed by atoms with E-state index >= 15 is 0 Å². The number of rotatable bonds is 3. The van der Waals surface area contributed by atoms with Gasteiger partial charge in [-0.15, -0.1) is 0 Å². The molecule has 0 saturated carbocycles. The van der Waals surface area contributed by atoms with Gasteiger partial charge in [0.1, 0.15) is 5.60 Å². The molecule has 6 heteroatoms. The van der Waals surface area contributed by atoms with Gasteiger partial charge in [0.05, 0.1) is 11.3 Å². The summed E-state index contributed by atoms with van der Waals surface area (Å²) < 4.78 is 5.30. The molecule has 154 valence electrons. The van der Waals surface area contributed by atoms with Crippen LogP contribution in [-0.2, 0) is 4.74 Å². The first kappa shape index (κ1) is 21.5. The number of ether oxygens (including phenoxy) is 1. The fourth-order valence-corrected chi connectivity index (χ4v) is 3.29. The number of allylic oxidation sites excluding steroid dienone is 4. The molecule has 1 aliphatic rings. The second-order valence-corrected chi connectivity index (χ2v) is 8.29. The van der Waals surface area contributed by atoms with Gasteiger partial charge in [-0.05, 0) is 61.7 Å². The number of hydrogen-bond donors (Lipinski definition) is 1. The Morgan fingerprint density at radius 1 is 1.07 bits per heavy atom. The van der Waals surface area contributed by atoms with Crippen molar-refractivity contribution in [3.63, 3.8) is 0 Å². The summed E-state index contributed by atoms with van der Waals surface area (Å²) in [5.74, 6) is -1.23. The van der Waals surface area contributed by atoms with Crippen LogP contribution in [0.3, 0.4) is 0 Å². The number of carbonyl (C=O) groups excluding carboxylic acids is 1. The van der Waals surface area contributed by atoms with Gasteiger partial charge in [-0.2, -0.15) is 4.99 Å². The van der Waals surface area contributed by atoms with Gasteiger partial charge in [0.2, 0.25) is 0 Å². The largest absolute Gasteiger partial charge is 0.478 e. The molecule has 1 unspecified atom stereocenters. The Labute approximate surface area is 180 Å². The average Bonchev–Trinajstić information content (AvgIpc) is 2.67. The van der Waals surface area contributed by atoms with Crippen LogP contribution in [0.5, 0.6) is 0 Å². The van der Waals surface area contributed by atoms with Crippen molar-refractivity contribution in [3.8, 4) is 11.1 Å². The molecule has 5 nitrogen and oxygen atoms in total. The molecule has 1 atom stereocenters. The number of nitrogens with zero attached hydrogens (tertiary/aromatic N) is 1. The minimum Gasteiger partial charge on any atom is -0.478 e. The fourth-order valence-electron chi connectivity index (χ4n) is 3.12. The first-order valence-corrected chi connectivity index (χ1v) is 9.81. The first-order valence-electron chi connectivity index (χ1n) is 9.44. The maximum atomic E-state index is 12.1. The second-order valence-electron chi connectivity index (χ2n) is 7.86. The molecule has 0 aliphatic heterocycles. The van der Waals surface area contributed by atoms with E-state index in [1.165, 1.54) is 6.07 Å². The summed E-state index contributed by atoms with van der Waals surface area (Å²) in [5, 5.41) is 9.92. The van der Waals surface area contributed by atoms with E-state index < -0.39 is 17.7 Å². The van der Waals surface area contributed by atoms with Crippen molar-refractivity contribution in [2.75, 3.05) is 0 Å². The van der Waals surface area contributed by atoms with Gasteiger partial charge in [-0.1, -0.05) is 54.1 Å².